The molecular weight excluding hydrogens is 336 g/mol. The van der Waals surface area contributed by atoms with Crippen LogP contribution in [0.15, 0.2) is 42.7 Å². The topological polar surface area (TPSA) is 60.9 Å². The third kappa shape index (κ3) is 3.01. The smallest absolute Gasteiger partial charge is 0.177 e. The Morgan fingerprint density at radius 2 is 1.70 bits per heavy atom. The van der Waals surface area contributed by atoms with E-state index in [9.17, 15) is 0 Å². The third-order valence-corrected chi connectivity index (χ3v) is 5.27. The number of aromatic nitrogens is 6. The molecule has 27 heavy (non-hydrogen) atoms. The Labute approximate surface area is 158 Å². The Hall–Kier alpha value is -3.02. The summed E-state index contributed by atoms with van der Waals surface area (Å²) < 4.78 is 3.99. The van der Waals surface area contributed by atoms with Gasteiger partial charge < -0.3 is 4.57 Å². The van der Waals surface area contributed by atoms with E-state index in [0.29, 0.717) is 0 Å². The Balaban J connectivity index is 1.69. The second-order valence-corrected chi connectivity index (χ2v) is 7.23. The van der Waals surface area contributed by atoms with Gasteiger partial charge in [-0.3, -0.25) is 4.98 Å². The van der Waals surface area contributed by atoms with E-state index in [-0.39, 0.29) is 11.8 Å². The van der Waals surface area contributed by atoms with E-state index in [1.807, 2.05) is 49.8 Å². The monoisotopic (exact) mass is 360 g/mol. The maximum atomic E-state index is 4.90. The van der Waals surface area contributed by atoms with Gasteiger partial charge in [0.15, 0.2) is 11.5 Å². The Kier molecular flexibility index (Phi) is 4.26. The van der Waals surface area contributed by atoms with Gasteiger partial charge in [0, 0.05) is 36.8 Å². The van der Waals surface area contributed by atoms with Crippen molar-refractivity contribution in [2.45, 2.75) is 39.5 Å². The van der Waals surface area contributed by atoms with Crippen LogP contribution in [-0.4, -0.2) is 29.1 Å². The Morgan fingerprint density at radius 1 is 0.963 bits per heavy atom. The molecule has 0 saturated heterocycles. The quantitative estimate of drug-likeness (QED) is 0.551. The first kappa shape index (κ1) is 17.4. The van der Waals surface area contributed by atoms with Gasteiger partial charge in [0.05, 0.1) is 17.1 Å². The lowest BCUT2D eigenvalue weighted by atomic mass is 9.94. The molecule has 0 amide bonds. The lowest BCUT2D eigenvalue weighted by molar-refractivity contribution is 0.544. The van der Waals surface area contributed by atoms with Crippen molar-refractivity contribution in [1.29, 1.82) is 0 Å². The molecule has 0 radical (unpaired) electrons. The SMILES string of the molecule is Cc1ncc(C)n2nc([C@H](C)[C@@H](C)c3nc(-c4ccccc4)cn3C)nc12. The van der Waals surface area contributed by atoms with Gasteiger partial charge in [-0.25, -0.2) is 14.5 Å². The molecular formula is C21H24N6. The minimum absolute atomic E-state index is 0.133. The predicted octanol–water partition coefficient (Wildman–Crippen LogP) is 4.05. The summed E-state index contributed by atoms with van der Waals surface area (Å²) in [5.74, 6) is 2.17. The van der Waals surface area contributed by atoms with Gasteiger partial charge in [0.2, 0.25) is 0 Å². The molecule has 0 unspecified atom stereocenters. The number of rotatable bonds is 4. The molecule has 0 aliphatic heterocycles. The van der Waals surface area contributed by atoms with E-state index in [1.165, 1.54) is 0 Å². The fourth-order valence-electron chi connectivity index (χ4n) is 3.40. The van der Waals surface area contributed by atoms with Crippen LogP contribution in [0.3, 0.4) is 0 Å². The van der Waals surface area contributed by atoms with E-state index in [0.717, 1.165) is 39.9 Å². The molecule has 138 valence electrons. The van der Waals surface area contributed by atoms with Crippen molar-refractivity contribution < 1.29 is 0 Å². The van der Waals surface area contributed by atoms with Crippen molar-refractivity contribution in [3.8, 4) is 11.3 Å². The normalized spacial score (nSPS) is 13.8. The van der Waals surface area contributed by atoms with E-state index >= 15 is 0 Å². The molecule has 4 aromatic rings. The largest absolute Gasteiger partial charge is 0.337 e. The van der Waals surface area contributed by atoms with Crippen molar-refractivity contribution in [3.05, 3.63) is 65.8 Å². The number of fused-ring (bicyclic) bond motifs is 1. The van der Waals surface area contributed by atoms with E-state index in [1.54, 1.807) is 0 Å². The Morgan fingerprint density at radius 3 is 2.41 bits per heavy atom. The molecule has 0 spiro atoms. The number of hydrogen-bond donors (Lipinski definition) is 0. The first-order valence-electron chi connectivity index (χ1n) is 9.23. The molecule has 6 nitrogen and oxygen atoms in total. The minimum Gasteiger partial charge on any atom is -0.337 e. The highest BCUT2D eigenvalue weighted by Gasteiger charge is 2.25. The standard InChI is InChI=1S/C21H24N6/c1-13-11-22-16(4)21-24-19(25-27(13)21)14(2)15(3)20-23-18(12-26(20)5)17-9-7-6-8-10-17/h6-12,14-15H,1-5H3/t14-,15-/m1/s1. The lowest BCUT2D eigenvalue weighted by Gasteiger charge is -2.16. The molecule has 3 heterocycles. The molecule has 0 N–H and O–H groups in total. The van der Waals surface area contributed by atoms with Crippen LogP contribution in [0.5, 0.6) is 0 Å². The van der Waals surface area contributed by atoms with Gasteiger partial charge in [-0.2, -0.15) is 5.10 Å². The summed E-state index contributed by atoms with van der Waals surface area (Å²) in [6.07, 6.45) is 3.92. The molecule has 6 heteroatoms. The summed E-state index contributed by atoms with van der Waals surface area (Å²) in [5.41, 5.74) is 4.82. The molecule has 0 aliphatic carbocycles. The molecule has 3 aromatic heterocycles. The summed E-state index contributed by atoms with van der Waals surface area (Å²) in [7, 11) is 2.05. The first-order valence-corrected chi connectivity index (χ1v) is 9.23. The second kappa shape index (κ2) is 6.61. The van der Waals surface area contributed by atoms with Crippen LogP contribution < -0.4 is 0 Å². The first-order chi connectivity index (χ1) is 13.0. The Bertz CT molecular complexity index is 1050. The highest BCUT2D eigenvalue weighted by atomic mass is 15.3. The minimum atomic E-state index is 0.133. The molecule has 0 bridgehead atoms. The van der Waals surface area contributed by atoms with Gasteiger partial charge >= 0.3 is 0 Å². The highest BCUT2D eigenvalue weighted by molar-refractivity contribution is 5.58. The maximum absolute atomic E-state index is 4.90. The lowest BCUT2D eigenvalue weighted by Crippen LogP contribution is -2.11. The summed E-state index contributed by atoms with van der Waals surface area (Å²) >= 11 is 0. The van der Waals surface area contributed by atoms with Gasteiger partial charge in [-0.05, 0) is 13.8 Å². The van der Waals surface area contributed by atoms with E-state index in [2.05, 4.69) is 41.7 Å². The van der Waals surface area contributed by atoms with E-state index < -0.39 is 0 Å². The zero-order valence-electron chi connectivity index (χ0n) is 16.4. The summed E-state index contributed by atoms with van der Waals surface area (Å²) in [6.45, 7) is 8.31. The van der Waals surface area contributed by atoms with Crippen LogP contribution in [0, 0.1) is 13.8 Å². The van der Waals surface area contributed by atoms with Crippen LogP contribution in [-0.2, 0) is 7.05 Å². The van der Waals surface area contributed by atoms with Crippen LogP contribution in [0.2, 0.25) is 0 Å². The van der Waals surface area contributed by atoms with Crippen LogP contribution in [0.25, 0.3) is 16.9 Å². The van der Waals surface area contributed by atoms with Crippen LogP contribution in [0.4, 0.5) is 0 Å². The van der Waals surface area contributed by atoms with Crippen molar-refractivity contribution in [3.63, 3.8) is 0 Å². The molecule has 0 saturated carbocycles. The fraction of sp³-hybridized carbons (Fsp3) is 0.333. The van der Waals surface area contributed by atoms with Gasteiger partial charge in [-0.1, -0.05) is 44.2 Å². The predicted molar refractivity (Wildman–Crippen MR) is 106 cm³/mol. The number of imidazole rings is 1. The molecule has 2 atom stereocenters. The van der Waals surface area contributed by atoms with Crippen molar-refractivity contribution in [2.75, 3.05) is 0 Å². The van der Waals surface area contributed by atoms with Gasteiger partial charge in [0.1, 0.15) is 5.82 Å². The molecule has 0 fully saturated rings. The summed E-state index contributed by atoms with van der Waals surface area (Å²) in [5, 5.41) is 4.74. The number of nitrogens with zero attached hydrogens (tertiary/aromatic N) is 6. The molecule has 1 aromatic carbocycles. The third-order valence-electron chi connectivity index (χ3n) is 5.27. The maximum Gasteiger partial charge on any atom is 0.177 e. The zero-order valence-corrected chi connectivity index (χ0v) is 16.4. The van der Waals surface area contributed by atoms with Gasteiger partial charge in [-0.15, -0.1) is 0 Å². The van der Waals surface area contributed by atoms with Crippen LogP contribution >= 0.6 is 0 Å². The van der Waals surface area contributed by atoms with Crippen molar-refractivity contribution >= 4 is 5.65 Å². The molecule has 4 rings (SSSR count). The number of hydrogen-bond acceptors (Lipinski definition) is 4. The zero-order chi connectivity index (χ0) is 19.1. The fourth-order valence-corrected chi connectivity index (χ4v) is 3.40. The molecule has 0 aliphatic rings. The summed E-state index contributed by atoms with van der Waals surface area (Å²) in [6, 6.07) is 10.3. The second-order valence-electron chi connectivity index (χ2n) is 7.23. The van der Waals surface area contributed by atoms with Gasteiger partial charge in [0.25, 0.3) is 0 Å². The average Bonchev–Trinajstić information content (AvgIpc) is 3.29. The highest BCUT2D eigenvalue weighted by Crippen LogP contribution is 2.32. The van der Waals surface area contributed by atoms with Crippen molar-refractivity contribution in [2.24, 2.45) is 7.05 Å². The number of aryl methyl sites for hydroxylation is 3. The average molecular weight is 360 g/mol. The van der Waals surface area contributed by atoms with Crippen LogP contribution in [0.1, 0.15) is 48.7 Å². The summed E-state index contributed by atoms with van der Waals surface area (Å²) in [4.78, 5) is 14.1. The number of benzene rings is 1. The van der Waals surface area contributed by atoms with E-state index in [4.69, 9.17) is 15.1 Å². The van der Waals surface area contributed by atoms with Crippen molar-refractivity contribution in [1.82, 2.24) is 29.1 Å².